The van der Waals surface area contributed by atoms with E-state index >= 15 is 0 Å². The van der Waals surface area contributed by atoms with E-state index in [2.05, 4.69) is 12.2 Å². The lowest BCUT2D eigenvalue weighted by atomic mass is 10.0. The molecule has 0 heterocycles. The predicted molar refractivity (Wildman–Crippen MR) is 109 cm³/mol. The minimum atomic E-state index is 1.19. The zero-order valence-corrected chi connectivity index (χ0v) is 16.6. The minimum absolute atomic E-state index is 1.19. The van der Waals surface area contributed by atoms with Gasteiger partial charge in [-0.1, -0.05) is 122 Å². The van der Waals surface area contributed by atoms with Crippen molar-refractivity contribution in [1.29, 1.82) is 0 Å². The van der Waals surface area contributed by atoms with Gasteiger partial charge in [-0.25, -0.2) is 0 Å². The molecule has 0 aromatic rings. The van der Waals surface area contributed by atoms with Crippen molar-refractivity contribution in [3.63, 3.8) is 0 Å². The minimum Gasteiger partial charge on any atom is -0.0811 e. The maximum absolute atomic E-state index is 3.51. The number of rotatable bonds is 0. The lowest BCUT2D eigenvalue weighted by molar-refractivity contribution is 0.520. The summed E-state index contributed by atoms with van der Waals surface area (Å²) in [5.74, 6) is 0. The van der Waals surface area contributed by atoms with E-state index in [0.717, 1.165) is 0 Å². The second kappa shape index (κ2) is 19.1. The molecular formula is C24H45. The van der Waals surface area contributed by atoms with Crippen LogP contribution in [0.2, 0.25) is 0 Å². The molecule has 0 nitrogen and oxygen atoms in total. The average Bonchev–Trinajstić information content (AvgIpc) is 2.59. The first-order valence-electron chi connectivity index (χ1n) is 11.6. The molecule has 1 aliphatic rings. The van der Waals surface area contributed by atoms with E-state index in [1.165, 1.54) is 141 Å². The highest BCUT2D eigenvalue weighted by atomic mass is 14.0. The fourth-order valence-corrected chi connectivity index (χ4v) is 3.86. The van der Waals surface area contributed by atoms with Gasteiger partial charge in [0, 0.05) is 0 Å². The second-order valence-electron chi connectivity index (χ2n) is 8.02. The Bertz CT molecular complexity index is 227. The first-order chi connectivity index (χ1) is 12.0. The third-order valence-corrected chi connectivity index (χ3v) is 5.56. The van der Waals surface area contributed by atoms with E-state index in [9.17, 15) is 0 Å². The largest absolute Gasteiger partial charge is 0.0811 e. The Balaban J connectivity index is 2.05. The number of hydrogen-bond donors (Lipinski definition) is 0. The van der Waals surface area contributed by atoms with Crippen LogP contribution in [0.25, 0.3) is 0 Å². The van der Waals surface area contributed by atoms with Crippen LogP contribution in [0.3, 0.4) is 0 Å². The molecule has 24 heavy (non-hydrogen) atoms. The maximum Gasteiger partial charge on any atom is -0.0279 e. The van der Waals surface area contributed by atoms with Crippen molar-refractivity contribution in [2.45, 2.75) is 141 Å². The van der Waals surface area contributed by atoms with Gasteiger partial charge in [-0.2, -0.15) is 0 Å². The van der Waals surface area contributed by atoms with Gasteiger partial charge in [-0.3, -0.25) is 0 Å². The molecule has 0 aliphatic heterocycles. The van der Waals surface area contributed by atoms with Crippen LogP contribution in [0.5, 0.6) is 0 Å². The molecule has 0 aromatic heterocycles. The van der Waals surface area contributed by atoms with E-state index < -0.39 is 0 Å². The van der Waals surface area contributed by atoms with Gasteiger partial charge >= 0.3 is 0 Å². The van der Waals surface area contributed by atoms with Crippen LogP contribution in [0.1, 0.15) is 141 Å². The zero-order chi connectivity index (χ0) is 17.0. The fraction of sp³-hybridized carbons (Fsp3) is 0.917. The highest BCUT2D eigenvalue weighted by molar-refractivity contribution is 4.73. The van der Waals surface area contributed by atoms with Crippen molar-refractivity contribution in [1.82, 2.24) is 0 Å². The SMILES string of the molecule is [C]1=C/CCCCCCCCCCCCCCCCCCCCCC/1. The van der Waals surface area contributed by atoms with E-state index in [4.69, 9.17) is 0 Å². The van der Waals surface area contributed by atoms with Gasteiger partial charge in [0.05, 0.1) is 0 Å². The van der Waals surface area contributed by atoms with Gasteiger partial charge in [-0.15, -0.1) is 0 Å². The summed E-state index contributed by atoms with van der Waals surface area (Å²) in [6.07, 6.45) is 37.5. The topological polar surface area (TPSA) is 0 Å². The molecule has 0 heteroatoms. The van der Waals surface area contributed by atoms with Crippen molar-refractivity contribution in [2.24, 2.45) is 0 Å². The van der Waals surface area contributed by atoms with Gasteiger partial charge in [0.1, 0.15) is 0 Å². The summed E-state index contributed by atoms with van der Waals surface area (Å²) in [7, 11) is 0. The summed E-state index contributed by atoms with van der Waals surface area (Å²) >= 11 is 0. The van der Waals surface area contributed by atoms with Crippen LogP contribution in [0.15, 0.2) is 6.08 Å². The molecule has 141 valence electrons. The highest BCUT2D eigenvalue weighted by Gasteiger charge is 1.96. The summed E-state index contributed by atoms with van der Waals surface area (Å²) in [6, 6.07) is 0. The maximum atomic E-state index is 3.51. The van der Waals surface area contributed by atoms with Crippen LogP contribution in [0, 0.1) is 6.08 Å². The fourth-order valence-electron chi connectivity index (χ4n) is 3.86. The van der Waals surface area contributed by atoms with Gasteiger partial charge in [-0.05, 0) is 31.8 Å². The average molecular weight is 334 g/mol. The van der Waals surface area contributed by atoms with Crippen molar-refractivity contribution in [3.8, 4) is 0 Å². The van der Waals surface area contributed by atoms with Gasteiger partial charge < -0.3 is 0 Å². The van der Waals surface area contributed by atoms with Crippen LogP contribution >= 0.6 is 0 Å². The van der Waals surface area contributed by atoms with E-state index in [0.29, 0.717) is 0 Å². The lowest BCUT2D eigenvalue weighted by Crippen LogP contribution is -1.84. The van der Waals surface area contributed by atoms with Crippen LogP contribution in [0.4, 0.5) is 0 Å². The highest BCUT2D eigenvalue weighted by Crippen LogP contribution is 2.15. The quantitative estimate of drug-likeness (QED) is 0.415. The van der Waals surface area contributed by atoms with Crippen molar-refractivity contribution >= 4 is 0 Å². The Morgan fingerprint density at radius 2 is 0.625 bits per heavy atom. The van der Waals surface area contributed by atoms with E-state index in [1.54, 1.807) is 0 Å². The Labute approximate surface area is 153 Å². The molecule has 0 bridgehead atoms. The normalized spacial score (nSPS) is 24.7. The number of hydrogen-bond acceptors (Lipinski definition) is 0. The van der Waals surface area contributed by atoms with Crippen molar-refractivity contribution in [3.05, 3.63) is 12.2 Å². The van der Waals surface area contributed by atoms with Crippen molar-refractivity contribution < 1.29 is 0 Å². The van der Waals surface area contributed by atoms with Gasteiger partial charge in [0.15, 0.2) is 0 Å². The summed E-state index contributed by atoms with van der Waals surface area (Å²) in [5.41, 5.74) is 0. The molecule has 0 amide bonds. The third-order valence-electron chi connectivity index (χ3n) is 5.56. The van der Waals surface area contributed by atoms with Gasteiger partial charge in [0.25, 0.3) is 0 Å². The van der Waals surface area contributed by atoms with Gasteiger partial charge in [0.2, 0.25) is 0 Å². The van der Waals surface area contributed by atoms with E-state index in [1.807, 2.05) is 0 Å². The summed E-state index contributed by atoms with van der Waals surface area (Å²) in [6.45, 7) is 0. The number of allylic oxidation sites excluding steroid dienone is 2. The van der Waals surface area contributed by atoms with Crippen molar-refractivity contribution in [2.75, 3.05) is 0 Å². The van der Waals surface area contributed by atoms with Crippen LogP contribution in [-0.4, -0.2) is 0 Å². The molecule has 0 spiro atoms. The molecule has 0 fully saturated rings. The molecule has 1 radical (unpaired) electrons. The molecule has 0 aromatic carbocycles. The molecular weight excluding hydrogens is 288 g/mol. The third kappa shape index (κ3) is 16.6. The Morgan fingerprint density at radius 1 is 0.333 bits per heavy atom. The first kappa shape index (κ1) is 21.8. The Hall–Kier alpha value is -0.260. The van der Waals surface area contributed by atoms with Crippen LogP contribution < -0.4 is 0 Å². The first-order valence-corrected chi connectivity index (χ1v) is 11.6. The Kier molecular flexibility index (Phi) is 17.3. The summed E-state index contributed by atoms with van der Waals surface area (Å²) in [5, 5.41) is 0. The molecule has 0 saturated carbocycles. The lowest BCUT2D eigenvalue weighted by Gasteiger charge is -2.04. The molecule has 0 saturated heterocycles. The Morgan fingerprint density at radius 3 is 1.00 bits per heavy atom. The molecule has 1 aliphatic carbocycles. The second-order valence-corrected chi connectivity index (χ2v) is 8.02. The van der Waals surface area contributed by atoms with Crippen LogP contribution in [-0.2, 0) is 0 Å². The monoisotopic (exact) mass is 333 g/mol. The smallest absolute Gasteiger partial charge is 0.0279 e. The summed E-state index contributed by atoms with van der Waals surface area (Å²) < 4.78 is 0. The molecule has 0 atom stereocenters. The molecule has 0 unspecified atom stereocenters. The zero-order valence-electron chi connectivity index (χ0n) is 16.6. The standard InChI is InChI=1S/C24H45/c1-2-4-6-8-10-12-14-16-18-20-22-24-23-21-19-17-15-13-11-9-7-5-3-1/h1H,2,4-24H2. The predicted octanol–water partition coefficient (Wildman–Crippen LogP) is 8.94. The molecule has 0 N–H and O–H groups in total. The van der Waals surface area contributed by atoms with E-state index in [-0.39, 0.29) is 0 Å². The summed E-state index contributed by atoms with van der Waals surface area (Å²) in [4.78, 5) is 0. The molecule has 1 rings (SSSR count).